The molecule has 0 saturated heterocycles. The monoisotopic (exact) mass is 1360 g/mol. The van der Waals surface area contributed by atoms with E-state index in [0.29, 0.717) is 17.0 Å². The topological polar surface area (TPSA) is 313 Å². The van der Waals surface area contributed by atoms with E-state index in [-0.39, 0.29) is 94.2 Å². The van der Waals surface area contributed by atoms with Gasteiger partial charge >= 0.3 is 5.97 Å². The molecule has 0 bridgehead atoms. The standard InChI is InChI=1S/2C17H17ClN4O4S.C12H10Cl2N2O3S.C6H15N.C5H8N2O/c1-11-9-15(21(2)20-11)26-17(23)12-5-6-14(27(3,24)25)13(16(12)18)10-22-8-4-7-19-22;1-10-14(17(24)21(2)20-10)16(23)11-5-6-13(27(3,25)26)12(15(11)18)9-22-8-4-7-19-22;1-20(18,19)10-4-3-8(12(14)17)11(13)9(10)7-16-6-2-5-15-16;1-4-7(5-2)6-3;1-4-3-5(8)7(2)6-4/h4-9H,10H2,1-3H3;4-8,20H,9H2,1-3H3;2-6H,7H2,1H3;4-6H2,1-3H3;3,6H,1-2H3. The van der Waals surface area contributed by atoms with Crippen molar-refractivity contribution < 1.29 is 44.4 Å². The Morgan fingerprint density at radius 1 is 0.584 bits per heavy atom. The third-order valence-corrected chi connectivity index (χ3v) is 18.1. The zero-order valence-corrected chi connectivity index (χ0v) is 56.1. The second-order valence-electron chi connectivity index (χ2n) is 19.8. The van der Waals surface area contributed by atoms with E-state index in [9.17, 15) is 49.2 Å². The van der Waals surface area contributed by atoms with E-state index in [2.05, 4.69) is 56.3 Å². The number of carbonyl (C=O) groups is 3. The lowest BCUT2D eigenvalue weighted by atomic mass is 10.0. The number of aryl methyl sites for hydroxylation is 6. The van der Waals surface area contributed by atoms with Gasteiger partial charge in [0.1, 0.15) is 5.56 Å². The van der Waals surface area contributed by atoms with Crippen molar-refractivity contribution in [3.05, 3.63) is 196 Å². The maximum Gasteiger partial charge on any atom is 0.346 e. The molecule has 6 aromatic heterocycles. The first kappa shape index (κ1) is 72.0. The quantitative estimate of drug-likeness (QED) is 0.0505. The second-order valence-corrected chi connectivity index (χ2v) is 27.2. The first-order valence-corrected chi connectivity index (χ1v) is 34.0. The number of rotatable bonds is 17. The number of nitrogens with zero attached hydrogens (tertiary/aromatic N) is 11. The SMILES string of the molecule is CCN(CC)CC.CS(=O)(=O)c1ccc(C(=O)Cl)c(Cl)c1Cn1cccn1.Cc1[nH]n(C)c(=O)c1C(=O)c1ccc(S(C)(=O)=O)c(Cn2cccn2)c1Cl.Cc1cc(=O)n(C)[nH]1.Cc1cc(OC(=O)c2ccc(S(C)(=O)=O)c(Cn3cccn3)c2Cl)n(C)n1. The number of ether oxygens (including phenoxy) is 1. The number of aromatic amines is 2. The van der Waals surface area contributed by atoms with Crippen LogP contribution in [0, 0.1) is 20.8 Å². The smallest absolute Gasteiger partial charge is 0.346 e. The van der Waals surface area contributed by atoms with E-state index < -0.39 is 52.1 Å². The van der Waals surface area contributed by atoms with Gasteiger partial charge in [0.05, 0.1) is 66.2 Å². The van der Waals surface area contributed by atoms with Gasteiger partial charge in [0.15, 0.2) is 29.5 Å². The lowest BCUT2D eigenvalue weighted by Gasteiger charge is -2.14. The van der Waals surface area contributed by atoms with Gasteiger partial charge in [-0.1, -0.05) is 55.6 Å². The van der Waals surface area contributed by atoms with Gasteiger partial charge in [0.25, 0.3) is 16.4 Å². The summed E-state index contributed by atoms with van der Waals surface area (Å²) >= 11 is 24.4. The van der Waals surface area contributed by atoms with E-state index in [1.807, 2.05) is 6.92 Å². The Hall–Kier alpha value is -7.70. The third kappa shape index (κ3) is 19.2. The van der Waals surface area contributed by atoms with Crippen LogP contribution in [-0.4, -0.2) is 144 Å². The summed E-state index contributed by atoms with van der Waals surface area (Å²) in [7, 11) is -5.79. The molecule has 0 unspecified atom stereocenters. The highest BCUT2D eigenvalue weighted by atomic mass is 35.5. The van der Waals surface area contributed by atoms with Crippen LogP contribution in [-0.2, 0) is 70.3 Å². The van der Waals surface area contributed by atoms with Gasteiger partial charge in [-0.3, -0.25) is 47.7 Å². The Balaban J connectivity index is 0.000000219. The summed E-state index contributed by atoms with van der Waals surface area (Å²) in [5.74, 6) is -1.01. The van der Waals surface area contributed by atoms with Crippen molar-refractivity contribution in [1.29, 1.82) is 0 Å². The molecule has 0 atom stereocenters. The molecule has 9 aromatic rings. The number of ketones is 1. The van der Waals surface area contributed by atoms with Gasteiger partial charge in [-0.2, -0.15) is 20.4 Å². The summed E-state index contributed by atoms with van der Waals surface area (Å²) in [6.45, 7) is 15.7. The minimum Gasteiger partial charge on any atom is -0.404 e. The lowest BCUT2D eigenvalue weighted by molar-refractivity contribution is 0.0719. The highest BCUT2D eigenvalue weighted by molar-refractivity contribution is 7.91. The normalized spacial score (nSPS) is 11.3. The fourth-order valence-corrected chi connectivity index (χ4v) is 12.8. The van der Waals surface area contributed by atoms with Crippen molar-refractivity contribution in [2.24, 2.45) is 21.1 Å². The number of sulfone groups is 3. The number of H-pyrrole nitrogens is 2. The molecule has 2 N–H and O–H groups in total. The fraction of sp³-hybridized carbons (Fsp3) is 0.316. The predicted octanol–water partition coefficient (Wildman–Crippen LogP) is 7.54. The first-order valence-electron chi connectivity index (χ1n) is 26.8. The van der Waals surface area contributed by atoms with Crippen molar-refractivity contribution in [2.75, 3.05) is 38.4 Å². The van der Waals surface area contributed by atoms with Gasteiger partial charge in [-0.15, -0.1) is 0 Å². The molecule has 0 saturated carbocycles. The Morgan fingerprint density at radius 2 is 0.989 bits per heavy atom. The maximum atomic E-state index is 12.9. The molecule has 478 valence electrons. The van der Waals surface area contributed by atoms with E-state index in [4.69, 9.17) is 51.1 Å². The first-order chi connectivity index (χ1) is 41.6. The molecule has 32 heteroatoms. The maximum absolute atomic E-state index is 12.9. The Labute approximate surface area is 534 Å². The molecule has 6 heterocycles. The third-order valence-electron chi connectivity index (χ3n) is 13.1. The molecule has 0 aliphatic rings. The summed E-state index contributed by atoms with van der Waals surface area (Å²) < 4.78 is 86.2. The minimum absolute atomic E-state index is 0.0114. The van der Waals surface area contributed by atoms with Crippen molar-refractivity contribution in [2.45, 2.75) is 75.9 Å². The number of carbonyl (C=O) groups excluding carboxylic acids is 3. The number of halogens is 4. The number of benzene rings is 3. The molecule has 25 nitrogen and oxygen atoms in total. The van der Waals surface area contributed by atoms with Crippen molar-refractivity contribution in [1.82, 2.24) is 63.6 Å². The Morgan fingerprint density at radius 3 is 1.28 bits per heavy atom. The van der Waals surface area contributed by atoms with Gasteiger partial charge in [0.2, 0.25) is 11.7 Å². The average molecular weight is 1360 g/mol. The van der Waals surface area contributed by atoms with Crippen LogP contribution >= 0.6 is 46.4 Å². The molecular formula is C57H67Cl4N13O12S3. The van der Waals surface area contributed by atoms with Gasteiger partial charge < -0.3 is 14.7 Å². The molecule has 0 radical (unpaired) electrons. The van der Waals surface area contributed by atoms with Crippen LogP contribution in [0.1, 0.15) is 91.2 Å². The highest BCUT2D eigenvalue weighted by Crippen LogP contribution is 2.33. The molecule has 0 aliphatic heterocycles. The molecule has 9 rings (SSSR count). The molecule has 3 aromatic carbocycles. The predicted molar refractivity (Wildman–Crippen MR) is 339 cm³/mol. The molecule has 0 aliphatic carbocycles. The van der Waals surface area contributed by atoms with E-state index in [0.717, 1.165) is 24.5 Å². The van der Waals surface area contributed by atoms with E-state index in [1.165, 1.54) is 91.2 Å². The zero-order chi connectivity index (χ0) is 66.5. The van der Waals surface area contributed by atoms with Gasteiger partial charge in [-0.05, 0) is 107 Å². The summed E-state index contributed by atoms with van der Waals surface area (Å²) in [5, 5.41) is 21.1. The minimum atomic E-state index is -3.59. The Kier molecular flexibility index (Phi) is 25.2. The van der Waals surface area contributed by atoms with Crippen molar-refractivity contribution >= 4 is 92.9 Å². The molecule has 0 spiro atoms. The number of hydrogen-bond acceptors (Lipinski definition) is 17. The summed E-state index contributed by atoms with van der Waals surface area (Å²) in [6, 6.07) is 16.3. The van der Waals surface area contributed by atoms with E-state index in [1.54, 1.807) is 95.5 Å². The fourth-order valence-electron chi connectivity index (χ4n) is 8.67. The Bertz CT molecular complexity index is 4430. The second kappa shape index (κ2) is 31.2. The van der Waals surface area contributed by atoms with Crippen LogP contribution in [0.15, 0.2) is 128 Å². The summed E-state index contributed by atoms with van der Waals surface area (Å²) in [5.41, 5.74) is 2.52. The van der Waals surface area contributed by atoms with Gasteiger partial charge in [0, 0.05) is 123 Å². The molecule has 0 amide bonds. The van der Waals surface area contributed by atoms with Crippen LogP contribution in [0.25, 0.3) is 0 Å². The van der Waals surface area contributed by atoms with Crippen LogP contribution in [0.5, 0.6) is 5.88 Å². The van der Waals surface area contributed by atoms with Crippen molar-refractivity contribution in [3.8, 4) is 5.88 Å². The largest absolute Gasteiger partial charge is 0.404 e. The molecular weight excluding hydrogens is 1300 g/mol. The summed E-state index contributed by atoms with van der Waals surface area (Å²) in [4.78, 5) is 62.1. The van der Waals surface area contributed by atoms with Crippen LogP contribution < -0.4 is 15.9 Å². The van der Waals surface area contributed by atoms with Crippen LogP contribution in [0.2, 0.25) is 15.1 Å². The average Bonchev–Trinajstić information content (AvgIpc) is 2.20. The van der Waals surface area contributed by atoms with Crippen molar-refractivity contribution in [3.63, 3.8) is 0 Å². The zero-order valence-electron chi connectivity index (χ0n) is 50.6. The number of nitrogens with one attached hydrogen (secondary N) is 2. The molecule has 89 heavy (non-hydrogen) atoms. The van der Waals surface area contributed by atoms with Crippen LogP contribution in [0.4, 0.5) is 0 Å². The molecule has 0 fully saturated rings. The highest BCUT2D eigenvalue weighted by Gasteiger charge is 2.28. The van der Waals surface area contributed by atoms with Gasteiger partial charge in [-0.25, -0.2) is 34.7 Å². The summed E-state index contributed by atoms with van der Waals surface area (Å²) in [6.07, 6.45) is 12.9. The number of aromatic nitrogens is 12. The van der Waals surface area contributed by atoms with E-state index >= 15 is 0 Å². The number of hydrogen-bond donors (Lipinski definition) is 2. The van der Waals surface area contributed by atoms with Crippen LogP contribution in [0.3, 0.4) is 0 Å². The lowest BCUT2D eigenvalue weighted by Crippen LogP contribution is -2.21. The number of esters is 1.